The molecule has 1 atom stereocenters. The second kappa shape index (κ2) is 5.05. The molecule has 0 bridgehead atoms. The largest absolute Gasteiger partial charge is 0.443 e. The molecule has 1 fully saturated rings. The normalized spacial score (nSPS) is 27.7. The lowest BCUT2D eigenvalue weighted by Crippen LogP contribution is -2.49. The number of allylic oxidation sites excluding steroid dienone is 1. The molecule has 2 aliphatic rings. The molecule has 6 heteroatoms. The molecule has 1 spiro atoms. The van der Waals surface area contributed by atoms with E-state index in [-0.39, 0.29) is 5.91 Å². The molecular formula is C13H18INO4. The summed E-state index contributed by atoms with van der Waals surface area (Å²) in [5.74, 6) is -0.209. The molecule has 0 aromatic rings. The number of carbonyl (C=O) groups excluding carboxylic acids is 2. The third kappa shape index (κ3) is 3.10. The Kier molecular flexibility index (Phi) is 3.92. The number of hydrogen-bond acceptors (Lipinski definition) is 4. The number of ether oxygens (including phenoxy) is 2. The van der Waals surface area contributed by atoms with Crippen LogP contribution < -0.4 is 0 Å². The highest BCUT2D eigenvalue weighted by Crippen LogP contribution is 2.42. The average molecular weight is 379 g/mol. The third-order valence-corrected chi connectivity index (χ3v) is 3.80. The number of halogens is 1. The van der Waals surface area contributed by atoms with Crippen LogP contribution in [0.4, 0.5) is 4.79 Å². The Morgan fingerprint density at radius 2 is 2.21 bits per heavy atom. The van der Waals surface area contributed by atoms with E-state index < -0.39 is 17.1 Å². The van der Waals surface area contributed by atoms with Crippen LogP contribution in [0.5, 0.6) is 0 Å². The van der Waals surface area contributed by atoms with Crippen LogP contribution in [0.2, 0.25) is 0 Å². The maximum atomic E-state index is 12.5. The van der Waals surface area contributed by atoms with E-state index in [0.29, 0.717) is 26.1 Å². The monoisotopic (exact) mass is 379 g/mol. The topological polar surface area (TPSA) is 55.8 Å². The molecule has 0 radical (unpaired) electrons. The van der Waals surface area contributed by atoms with Gasteiger partial charge in [0.2, 0.25) is 5.91 Å². The first-order chi connectivity index (χ1) is 8.73. The molecule has 2 heterocycles. The minimum absolute atomic E-state index is 0.209. The van der Waals surface area contributed by atoms with Gasteiger partial charge in [0, 0.05) is 16.4 Å². The summed E-state index contributed by atoms with van der Waals surface area (Å²) in [7, 11) is 0. The van der Waals surface area contributed by atoms with Gasteiger partial charge in [-0.1, -0.05) is 0 Å². The second-order valence-corrected chi connectivity index (χ2v) is 7.38. The van der Waals surface area contributed by atoms with Gasteiger partial charge in [-0.05, 0) is 56.2 Å². The second-order valence-electron chi connectivity index (χ2n) is 5.99. The van der Waals surface area contributed by atoms with Crippen LogP contribution >= 0.6 is 22.6 Å². The summed E-state index contributed by atoms with van der Waals surface area (Å²) in [6.07, 6.45) is 2.26. The molecule has 0 aromatic heterocycles. The highest BCUT2D eigenvalue weighted by atomic mass is 127. The first kappa shape index (κ1) is 14.8. The SMILES string of the molecule is CC(C)(C)OC(=O)N1C=C(I)CC2(CCOC2)C1=O. The molecule has 0 saturated carbocycles. The van der Waals surface area contributed by atoms with Crippen molar-refractivity contribution in [3.63, 3.8) is 0 Å². The molecule has 0 N–H and O–H groups in total. The van der Waals surface area contributed by atoms with Crippen molar-refractivity contribution < 1.29 is 19.1 Å². The average Bonchev–Trinajstić information content (AvgIpc) is 2.70. The molecule has 19 heavy (non-hydrogen) atoms. The lowest BCUT2D eigenvalue weighted by Gasteiger charge is -2.35. The predicted octanol–water partition coefficient (Wildman–Crippen LogP) is 2.84. The number of amides is 2. The van der Waals surface area contributed by atoms with Crippen LogP contribution in [-0.4, -0.2) is 35.7 Å². The maximum Gasteiger partial charge on any atom is 0.421 e. The highest BCUT2D eigenvalue weighted by Gasteiger charge is 2.49. The summed E-state index contributed by atoms with van der Waals surface area (Å²) in [4.78, 5) is 25.7. The van der Waals surface area contributed by atoms with Crippen molar-refractivity contribution in [2.24, 2.45) is 5.41 Å². The summed E-state index contributed by atoms with van der Waals surface area (Å²) in [6.45, 7) is 6.29. The molecule has 1 saturated heterocycles. The van der Waals surface area contributed by atoms with Crippen molar-refractivity contribution in [1.29, 1.82) is 0 Å². The van der Waals surface area contributed by atoms with Crippen molar-refractivity contribution in [3.05, 3.63) is 9.78 Å². The van der Waals surface area contributed by atoms with E-state index in [4.69, 9.17) is 9.47 Å². The van der Waals surface area contributed by atoms with E-state index in [1.165, 1.54) is 0 Å². The third-order valence-electron chi connectivity index (χ3n) is 3.14. The van der Waals surface area contributed by atoms with Crippen LogP contribution in [0.25, 0.3) is 0 Å². The lowest BCUT2D eigenvalue weighted by atomic mass is 9.80. The maximum absolute atomic E-state index is 12.5. The summed E-state index contributed by atoms with van der Waals surface area (Å²) in [6, 6.07) is 0. The molecule has 0 aliphatic carbocycles. The summed E-state index contributed by atoms with van der Waals surface area (Å²) in [5, 5.41) is 0. The van der Waals surface area contributed by atoms with E-state index in [1.54, 1.807) is 27.0 Å². The van der Waals surface area contributed by atoms with Crippen molar-refractivity contribution in [2.45, 2.75) is 39.2 Å². The number of hydrogen-bond donors (Lipinski definition) is 0. The number of imide groups is 1. The zero-order chi connectivity index (χ0) is 14.3. The van der Waals surface area contributed by atoms with Crippen molar-refractivity contribution in [1.82, 2.24) is 4.90 Å². The molecule has 1 unspecified atom stereocenters. The zero-order valence-corrected chi connectivity index (χ0v) is 13.5. The Morgan fingerprint density at radius 1 is 1.53 bits per heavy atom. The minimum atomic E-state index is -0.618. The fraction of sp³-hybridized carbons (Fsp3) is 0.692. The van der Waals surface area contributed by atoms with Gasteiger partial charge in [-0.25, -0.2) is 9.69 Å². The van der Waals surface area contributed by atoms with Gasteiger partial charge >= 0.3 is 6.09 Å². The Hall–Kier alpha value is -0.630. The molecule has 2 aliphatic heterocycles. The van der Waals surface area contributed by atoms with Gasteiger partial charge in [0.15, 0.2) is 0 Å². The van der Waals surface area contributed by atoms with Crippen LogP contribution in [0.15, 0.2) is 9.78 Å². The van der Waals surface area contributed by atoms with Crippen LogP contribution in [0.3, 0.4) is 0 Å². The summed E-state index contributed by atoms with van der Waals surface area (Å²) >= 11 is 2.16. The standard InChI is InChI=1S/C13H18INO4/c1-12(2,3)19-11(17)15-7-9(14)6-13(10(15)16)4-5-18-8-13/h7H,4-6,8H2,1-3H3. The summed E-state index contributed by atoms with van der Waals surface area (Å²) < 4.78 is 11.6. The predicted molar refractivity (Wildman–Crippen MR) is 77.7 cm³/mol. The van der Waals surface area contributed by atoms with Gasteiger partial charge in [0.1, 0.15) is 5.60 Å². The molecular weight excluding hydrogens is 361 g/mol. The first-order valence-electron chi connectivity index (χ1n) is 6.24. The lowest BCUT2D eigenvalue weighted by molar-refractivity contribution is -0.139. The van der Waals surface area contributed by atoms with Crippen molar-refractivity contribution >= 4 is 34.6 Å². The van der Waals surface area contributed by atoms with E-state index >= 15 is 0 Å². The zero-order valence-electron chi connectivity index (χ0n) is 11.4. The van der Waals surface area contributed by atoms with E-state index in [2.05, 4.69) is 22.6 Å². The first-order valence-corrected chi connectivity index (χ1v) is 7.32. The van der Waals surface area contributed by atoms with E-state index in [1.807, 2.05) is 0 Å². The quantitative estimate of drug-likeness (QED) is 0.608. The van der Waals surface area contributed by atoms with E-state index in [9.17, 15) is 9.59 Å². The molecule has 2 amide bonds. The fourth-order valence-corrected chi connectivity index (χ4v) is 3.27. The fourth-order valence-electron chi connectivity index (χ4n) is 2.26. The number of carbonyl (C=O) groups is 2. The van der Waals surface area contributed by atoms with Gasteiger partial charge in [0.25, 0.3) is 0 Å². The van der Waals surface area contributed by atoms with Gasteiger partial charge in [0.05, 0.1) is 12.0 Å². The van der Waals surface area contributed by atoms with Gasteiger partial charge in [-0.15, -0.1) is 0 Å². The Balaban J connectivity index is 2.23. The highest BCUT2D eigenvalue weighted by molar-refractivity contribution is 14.1. The number of nitrogens with zero attached hydrogens (tertiary/aromatic N) is 1. The number of rotatable bonds is 0. The van der Waals surface area contributed by atoms with Crippen LogP contribution in [-0.2, 0) is 14.3 Å². The molecule has 5 nitrogen and oxygen atoms in total. The van der Waals surface area contributed by atoms with Crippen molar-refractivity contribution in [2.75, 3.05) is 13.2 Å². The summed E-state index contributed by atoms with van der Waals surface area (Å²) in [5.41, 5.74) is -1.20. The van der Waals surface area contributed by atoms with E-state index in [0.717, 1.165) is 8.48 Å². The van der Waals surface area contributed by atoms with Crippen LogP contribution in [0, 0.1) is 5.41 Å². The van der Waals surface area contributed by atoms with Crippen molar-refractivity contribution in [3.8, 4) is 0 Å². The van der Waals surface area contributed by atoms with Gasteiger partial charge in [-0.2, -0.15) is 0 Å². The Labute approximate surface area is 126 Å². The Morgan fingerprint density at radius 3 is 2.74 bits per heavy atom. The molecule has 0 aromatic carbocycles. The molecule has 106 valence electrons. The smallest absolute Gasteiger partial charge is 0.421 e. The molecule has 2 rings (SSSR count). The van der Waals surface area contributed by atoms with Crippen LogP contribution in [0.1, 0.15) is 33.6 Å². The van der Waals surface area contributed by atoms with Gasteiger partial charge < -0.3 is 9.47 Å². The van der Waals surface area contributed by atoms with Gasteiger partial charge in [-0.3, -0.25) is 4.79 Å². The minimum Gasteiger partial charge on any atom is -0.443 e. The Bertz CT molecular complexity index is 432.